The van der Waals surface area contributed by atoms with E-state index in [4.69, 9.17) is 11.6 Å². The average molecular weight is 457 g/mol. The number of rotatable bonds is 3. The monoisotopic (exact) mass is 456 g/mol. The Morgan fingerprint density at radius 2 is 1.77 bits per heavy atom. The Morgan fingerprint density at radius 1 is 1.16 bits per heavy atom. The normalized spacial score (nSPS) is 15.4. The number of carbonyl (C=O) groups is 3. The molecule has 2 heterocycles. The van der Waals surface area contributed by atoms with Gasteiger partial charge >= 0.3 is 6.18 Å². The summed E-state index contributed by atoms with van der Waals surface area (Å²) in [4.78, 5) is 43.2. The first-order valence-corrected chi connectivity index (χ1v) is 9.15. The minimum atomic E-state index is -4.64. The minimum Gasteiger partial charge on any atom is -0.506 e. The number of hydrogen-bond donors (Lipinski definition) is 2. The maximum Gasteiger partial charge on any atom is 0.416 e. The first-order chi connectivity index (χ1) is 14.4. The molecule has 1 aromatic carbocycles. The summed E-state index contributed by atoms with van der Waals surface area (Å²) < 4.78 is 39.0. The van der Waals surface area contributed by atoms with Crippen molar-refractivity contribution in [1.82, 2.24) is 14.8 Å². The third kappa shape index (κ3) is 4.55. The fourth-order valence-electron chi connectivity index (χ4n) is 3.04. The zero-order chi connectivity index (χ0) is 23.1. The molecule has 1 aliphatic rings. The van der Waals surface area contributed by atoms with E-state index in [0.717, 1.165) is 12.1 Å². The van der Waals surface area contributed by atoms with Crippen LogP contribution in [0.25, 0.3) is 11.3 Å². The van der Waals surface area contributed by atoms with Gasteiger partial charge in [-0.2, -0.15) is 13.2 Å². The van der Waals surface area contributed by atoms with Crippen molar-refractivity contribution in [2.24, 2.45) is 5.92 Å². The van der Waals surface area contributed by atoms with Crippen LogP contribution in [0.4, 0.5) is 18.9 Å². The van der Waals surface area contributed by atoms with Crippen LogP contribution in [0.3, 0.4) is 0 Å². The van der Waals surface area contributed by atoms with Gasteiger partial charge in [0.15, 0.2) is 5.92 Å². The van der Waals surface area contributed by atoms with Crippen LogP contribution in [-0.4, -0.2) is 58.4 Å². The first-order valence-electron chi connectivity index (χ1n) is 8.77. The summed E-state index contributed by atoms with van der Waals surface area (Å²) in [7, 11) is 2.87. The van der Waals surface area contributed by atoms with Crippen LogP contribution in [0.1, 0.15) is 5.56 Å². The lowest BCUT2D eigenvalue weighted by molar-refractivity contribution is -0.158. The molecule has 3 amide bonds. The van der Waals surface area contributed by atoms with Crippen molar-refractivity contribution in [3.8, 4) is 17.0 Å². The van der Waals surface area contributed by atoms with Crippen molar-refractivity contribution >= 4 is 35.0 Å². The highest BCUT2D eigenvalue weighted by Crippen LogP contribution is 2.35. The number of benzene rings is 1. The van der Waals surface area contributed by atoms with Crippen molar-refractivity contribution < 1.29 is 32.7 Å². The molecule has 31 heavy (non-hydrogen) atoms. The van der Waals surface area contributed by atoms with E-state index in [-0.39, 0.29) is 28.8 Å². The van der Waals surface area contributed by atoms with Gasteiger partial charge in [-0.05, 0) is 24.3 Å². The molecule has 0 bridgehead atoms. The molecule has 0 aliphatic carbocycles. The Kier molecular flexibility index (Phi) is 5.81. The third-order valence-corrected chi connectivity index (χ3v) is 4.80. The minimum absolute atomic E-state index is 0.0357. The van der Waals surface area contributed by atoms with E-state index in [1.807, 2.05) is 0 Å². The van der Waals surface area contributed by atoms with E-state index >= 15 is 0 Å². The van der Waals surface area contributed by atoms with Crippen LogP contribution in [-0.2, 0) is 20.6 Å². The van der Waals surface area contributed by atoms with Crippen LogP contribution in [0.2, 0.25) is 5.15 Å². The number of alkyl halides is 3. The highest BCUT2D eigenvalue weighted by atomic mass is 35.5. The second kappa shape index (κ2) is 8.06. The predicted molar refractivity (Wildman–Crippen MR) is 104 cm³/mol. The van der Waals surface area contributed by atoms with Crippen LogP contribution in [0.15, 0.2) is 30.3 Å². The summed E-state index contributed by atoms with van der Waals surface area (Å²) in [5, 5.41) is 12.2. The molecule has 0 spiro atoms. The van der Waals surface area contributed by atoms with Crippen LogP contribution < -0.4 is 5.32 Å². The second-order valence-electron chi connectivity index (χ2n) is 6.93. The Hall–Kier alpha value is -3.34. The molecule has 0 atom stereocenters. The standard InChI is InChI=1S/C19H16ClF3N4O4/c1-26-8-27(2)18(31)15(17(26)30)16(29)25-11-4-3-9(5-13(11)28)12-6-10(19(21,22)23)7-14(20)24-12/h3-7,15,28H,8H2,1-2H3,(H,25,29). The highest BCUT2D eigenvalue weighted by molar-refractivity contribution is 6.29. The quantitative estimate of drug-likeness (QED) is 0.420. The van der Waals surface area contributed by atoms with E-state index in [1.54, 1.807) is 0 Å². The Labute approximate surface area is 179 Å². The van der Waals surface area contributed by atoms with Crippen molar-refractivity contribution in [2.45, 2.75) is 6.18 Å². The molecule has 8 nitrogen and oxygen atoms in total. The van der Waals surface area contributed by atoms with Crippen LogP contribution in [0.5, 0.6) is 5.75 Å². The topological polar surface area (TPSA) is 103 Å². The lowest BCUT2D eigenvalue weighted by Crippen LogP contribution is -2.57. The van der Waals surface area contributed by atoms with E-state index in [0.29, 0.717) is 6.07 Å². The Morgan fingerprint density at radius 3 is 2.32 bits per heavy atom. The number of carbonyl (C=O) groups excluding carboxylic acids is 3. The molecule has 3 rings (SSSR count). The molecule has 2 aromatic rings. The van der Waals surface area contributed by atoms with Crippen molar-refractivity contribution in [1.29, 1.82) is 0 Å². The van der Waals surface area contributed by atoms with Gasteiger partial charge in [0.1, 0.15) is 10.9 Å². The number of nitrogens with zero attached hydrogens (tertiary/aromatic N) is 3. The van der Waals surface area contributed by atoms with E-state index in [1.165, 1.54) is 36.0 Å². The fourth-order valence-corrected chi connectivity index (χ4v) is 3.25. The van der Waals surface area contributed by atoms with E-state index < -0.39 is 41.1 Å². The summed E-state index contributed by atoms with van der Waals surface area (Å²) in [5.41, 5.74) is -1.19. The number of phenols is 1. The number of pyridine rings is 1. The summed E-state index contributed by atoms with van der Waals surface area (Å²) >= 11 is 5.68. The Bertz CT molecular complexity index is 1060. The van der Waals surface area contributed by atoms with Gasteiger partial charge in [0.05, 0.1) is 23.6 Å². The predicted octanol–water partition coefficient (Wildman–Crippen LogP) is 2.57. The molecule has 164 valence electrons. The molecular weight excluding hydrogens is 441 g/mol. The largest absolute Gasteiger partial charge is 0.506 e. The summed E-state index contributed by atoms with van der Waals surface area (Å²) in [5.74, 6) is -4.46. The number of anilines is 1. The van der Waals surface area contributed by atoms with Gasteiger partial charge in [-0.3, -0.25) is 14.4 Å². The Balaban J connectivity index is 1.87. The molecule has 0 unspecified atom stereocenters. The average Bonchev–Trinajstić information content (AvgIpc) is 2.67. The van der Waals surface area contributed by atoms with Gasteiger partial charge in [0.25, 0.3) is 0 Å². The van der Waals surface area contributed by atoms with Gasteiger partial charge in [-0.1, -0.05) is 17.7 Å². The first kappa shape index (κ1) is 22.3. The molecule has 1 aromatic heterocycles. The number of aromatic nitrogens is 1. The highest BCUT2D eigenvalue weighted by Gasteiger charge is 2.42. The zero-order valence-electron chi connectivity index (χ0n) is 16.2. The van der Waals surface area contributed by atoms with Crippen LogP contribution in [0, 0.1) is 5.92 Å². The molecule has 0 saturated carbocycles. The smallest absolute Gasteiger partial charge is 0.416 e. The summed E-state index contributed by atoms with van der Waals surface area (Å²) in [6, 6.07) is 5.04. The number of amides is 3. The third-order valence-electron chi connectivity index (χ3n) is 4.61. The van der Waals surface area contributed by atoms with Crippen molar-refractivity contribution in [3.05, 3.63) is 41.0 Å². The maximum absolute atomic E-state index is 13.0. The molecule has 0 radical (unpaired) electrons. The number of phenolic OH excluding ortho intramolecular Hbond substituents is 1. The van der Waals surface area contributed by atoms with Crippen molar-refractivity contribution in [3.63, 3.8) is 0 Å². The SMILES string of the molecule is CN1CN(C)C(=O)C(C(=O)Nc2ccc(-c3cc(C(F)(F)F)cc(Cl)n3)cc2O)C1=O. The summed E-state index contributed by atoms with van der Waals surface area (Å²) in [6.07, 6.45) is -4.64. The van der Waals surface area contributed by atoms with Gasteiger partial charge in [-0.25, -0.2) is 4.98 Å². The molecular formula is C19H16ClF3N4O4. The van der Waals surface area contributed by atoms with E-state index in [2.05, 4.69) is 10.3 Å². The number of halogens is 4. The van der Waals surface area contributed by atoms with Gasteiger partial charge < -0.3 is 20.2 Å². The molecule has 1 saturated heterocycles. The molecule has 1 aliphatic heterocycles. The molecule has 1 fully saturated rings. The number of aromatic hydroxyl groups is 1. The van der Waals surface area contributed by atoms with Gasteiger partial charge in [-0.15, -0.1) is 0 Å². The zero-order valence-corrected chi connectivity index (χ0v) is 17.0. The molecule has 2 N–H and O–H groups in total. The van der Waals surface area contributed by atoms with Crippen molar-refractivity contribution in [2.75, 3.05) is 26.1 Å². The summed E-state index contributed by atoms with van der Waals surface area (Å²) in [6.45, 7) is 0.0357. The number of nitrogens with one attached hydrogen (secondary N) is 1. The lowest BCUT2D eigenvalue weighted by atomic mass is 10.0. The van der Waals surface area contributed by atoms with Gasteiger partial charge in [0, 0.05) is 19.7 Å². The van der Waals surface area contributed by atoms with Crippen LogP contribution >= 0.6 is 11.6 Å². The van der Waals surface area contributed by atoms with E-state index in [9.17, 15) is 32.7 Å². The molecule has 12 heteroatoms. The lowest BCUT2D eigenvalue weighted by Gasteiger charge is -2.34. The van der Waals surface area contributed by atoms with Gasteiger partial charge in [0.2, 0.25) is 17.7 Å². The number of hydrogen-bond acceptors (Lipinski definition) is 5. The maximum atomic E-state index is 13.0. The second-order valence-corrected chi connectivity index (χ2v) is 7.32. The fraction of sp³-hybridized carbons (Fsp3) is 0.263.